The van der Waals surface area contributed by atoms with E-state index in [1.54, 1.807) is 62.6 Å². The zero-order valence-corrected chi connectivity index (χ0v) is 21.2. The fourth-order valence-corrected chi connectivity index (χ4v) is 6.20. The topological polar surface area (TPSA) is 72.9 Å². The third-order valence-electron chi connectivity index (χ3n) is 6.23. The lowest BCUT2D eigenvalue weighted by molar-refractivity contribution is -0.139. The second-order valence-corrected chi connectivity index (χ2v) is 10.3. The van der Waals surface area contributed by atoms with Gasteiger partial charge in [0.05, 0.1) is 36.3 Å². The number of ether oxygens (including phenoxy) is 2. The molecule has 0 spiro atoms. The molecule has 3 aromatic rings. The second kappa shape index (κ2) is 10.6. The van der Waals surface area contributed by atoms with Crippen molar-refractivity contribution in [3.05, 3.63) is 107 Å². The minimum Gasteiger partial charge on any atom is -0.497 e. The van der Waals surface area contributed by atoms with Crippen molar-refractivity contribution in [3.63, 3.8) is 0 Å². The van der Waals surface area contributed by atoms with Crippen LogP contribution in [0.5, 0.6) is 5.75 Å². The average Bonchev–Trinajstić information content (AvgIpc) is 2.88. The number of rotatable bonds is 7. The van der Waals surface area contributed by atoms with Crippen LogP contribution < -0.4 is 4.74 Å². The first-order valence-electron chi connectivity index (χ1n) is 11.6. The molecule has 0 bridgehead atoms. The number of hydrogen-bond donors (Lipinski definition) is 0. The zero-order valence-electron chi connectivity index (χ0n) is 20.3. The number of sulfonamides is 1. The van der Waals surface area contributed by atoms with Gasteiger partial charge < -0.3 is 9.47 Å². The van der Waals surface area contributed by atoms with Gasteiger partial charge in [-0.1, -0.05) is 54.1 Å². The molecule has 0 unspecified atom stereocenters. The van der Waals surface area contributed by atoms with Crippen LogP contribution >= 0.6 is 0 Å². The Hall–Kier alpha value is -3.49. The summed E-state index contributed by atoms with van der Waals surface area (Å²) >= 11 is 0. The highest BCUT2D eigenvalue weighted by Crippen LogP contribution is 2.46. The molecule has 0 amide bonds. The van der Waals surface area contributed by atoms with Crippen LogP contribution in [0.2, 0.25) is 0 Å². The number of nitrogens with zero attached hydrogens (tertiary/aromatic N) is 1. The van der Waals surface area contributed by atoms with Crippen molar-refractivity contribution >= 4 is 16.0 Å². The second-order valence-electron chi connectivity index (χ2n) is 8.48. The maximum Gasteiger partial charge on any atom is 0.335 e. The fourth-order valence-electron chi connectivity index (χ4n) is 4.43. The van der Waals surface area contributed by atoms with Gasteiger partial charge in [0.2, 0.25) is 10.0 Å². The van der Waals surface area contributed by atoms with Crippen LogP contribution in [0.3, 0.4) is 0 Å². The summed E-state index contributed by atoms with van der Waals surface area (Å²) in [6, 6.07) is 17.5. The highest BCUT2D eigenvalue weighted by molar-refractivity contribution is 7.89. The maximum absolute atomic E-state index is 15.2. The van der Waals surface area contributed by atoms with Gasteiger partial charge in [-0.25, -0.2) is 17.6 Å². The predicted molar refractivity (Wildman–Crippen MR) is 134 cm³/mol. The van der Waals surface area contributed by atoms with E-state index < -0.39 is 33.9 Å². The lowest BCUT2D eigenvalue weighted by Crippen LogP contribution is -2.43. The van der Waals surface area contributed by atoms with E-state index in [0.29, 0.717) is 11.3 Å². The molecule has 0 radical (unpaired) electrons. The van der Waals surface area contributed by atoms with Gasteiger partial charge in [0, 0.05) is 5.56 Å². The summed E-state index contributed by atoms with van der Waals surface area (Å²) in [6.45, 7) is 3.63. The summed E-state index contributed by atoms with van der Waals surface area (Å²) < 4.78 is 55.4. The van der Waals surface area contributed by atoms with Gasteiger partial charge in [-0.05, 0) is 56.2 Å². The summed E-state index contributed by atoms with van der Waals surface area (Å²) in [6.07, 6.45) is 1.86. The van der Waals surface area contributed by atoms with E-state index in [4.69, 9.17) is 9.47 Å². The quantitative estimate of drug-likeness (QED) is 0.393. The van der Waals surface area contributed by atoms with Crippen molar-refractivity contribution in [1.82, 2.24) is 4.31 Å². The lowest BCUT2D eigenvalue weighted by atomic mass is 9.89. The van der Waals surface area contributed by atoms with Crippen LogP contribution in [0, 0.1) is 12.7 Å². The number of methoxy groups -OCH3 is 1. The SMILES string of the molecule is CCOC(=O)C1=CC[C@@H](c2ccc(OC)cc2)N(S(=O)(=O)c2ccc(C)cc2)[C@H]1c1ccccc1F. The smallest absolute Gasteiger partial charge is 0.335 e. The summed E-state index contributed by atoms with van der Waals surface area (Å²) in [7, 11) is -2.65. The van der Waals surface area contributed by atoms with E-state index in [-0.39, 0.29) is 29.1 Å². The van der Waals surface area contributed by atoms with Crippen LogP contribution in [0.4, 0.5) is 4.39 Å². The zero-order chi connectivity index (χ0) is 25.9. The molecule has 0 aromatic heterocycles. The van der Waals surface area contributed by atoms with Crippen LogP contribution in [0.15, 0.2) is 89.3 Å². The first kappa shape index (κ1) is 25.6. The number of benzene rings is 3. The Bertz CT molecular complexity index is 1370. The summed E-state index contributed by atoms with van der Waals surface area (Å²) in [5.74, 6) is -0.670. The van der Waals surface area contributed by atoms with Gasteiger partial charge in [-0.15, -0.1) is 0 Å². The van der Waals surface area contributed by atoms with Crippen molar-refractivity contribution in [2.24, 2.45) is 0 Å². The molecule has 0 N–H and O–H groups in total. The molecule has 2 atom stereocenters. The minimum atomic E-state index is -4.20. The molecule has 0 fully saturated rings. The third-order valence-corrected chi connectivity index (χ3v) is 8.11. The first-order chi connectivity index (χ1) is 17.3. The Balaban J connectivity index is 1.97. The van der Waals surface area contributed by atoms with Crippen LogP contribution in [0.1, 0.15) is 42.1 Å². The first-order valence-corrected chi connectivity index (χ1v) is 13.1. The molecule has 36 heavy (non-hydrogen) atoms. The number of esters is 1. The third kappa shape index (κ3) is 4.92. The van der Waals surface area contributed by atoms with Gasteiger partial charge in [0.15, 0.2) is 0 Å². The molecule has 1 heterocycles. The Labute approximate surface area is 211 Å². The largest absolute Gasteiger partial charge is 0.497 e. The average molecular weight is 510 g/mol. The Kier molecular flexibility index (Phi) is 7.56. The summed E-state index contributed by atoms with van der Waals surface area (Å²) in [5, 5.41) is 0. The molecule has 1 aliphatic rings. The van der Waals surface area contributed by atoms with Crippen molar-refractivity contribution in [2.75, 3.05) is 13.7 Å². The van der Waals surface area contributed by atoms with Gasteiger partial charge in [-0.3, -0.25) is 0 Å². The molecule has 8 heteroatoms. The molecule has 1 aliphatic heterocycles. The predicted octanol–water partition coefficient (Wildman–Crippen LogP) is 5.51. The Morgan fingerprint density at radius 1 is 1.03 bits per heavy atom. The molecule has 6 nitrogen and oxygen atoms in total. The Morgan fingerprint density at radius 2 is 1.69 bits per heavy atom. The van der Waals surface area contributed by atoms with Crippen molar-refractivity contribution in [2.45, 2.75) is 37.2 Å². The van der Waals surface area contributed by atoms with Crippen LogP contribution in [0.25, 0.3) is 0 Å². The van der Waals surface area contributed by atoms with Crippen LogP contribution in [-0.2, 0) is 19.6 Å². The maximum atomic E-state index is 15.2. The molecular formula is C28H28FNO5S. The molecule has 188 valence electrons. The summed E-state index contributed by atoms with van der Waals surface area (Å²) in [4.78, 5) is 13.1. The number of aryl methyl sites for hydroxylation is 1. The van der Waals surface area contributed by atoms with E-state index in [2.05, 4.69) is 0 Å². The molecule has 3 aromatic carbocycles. The van der Waals surface area contributed by atoms with Crippen molar-refractivity contribution in [1.29, 1.82) is 0 Å². The van der Waals surface area contributed by atoms with E-state index >= 15 is 4.39 Å². The normalized spacial score (nSPS) is 18.4. The molecule has 0 saturated heterocycles. The number of carbonyl (C=O) groups is 1. The van der Waals surface area contributed by atoms with Crippen molar-refractivity contribution < 1.29 is 27.1 Å². The van der Waals surface area contributed by atoms with E-state index in [1.165, 1.54) is 34.6 Å². The van der Waals surface area contributed by atoms with Gasteiger partial charge in [0.25, 0.3) is 0 Å². The van der Waals surface area contributed by atoms with E-state index in [9.17, 15) is 13.2 Å². The molecular weight excluding hydrogens is 481 g/mol. The van der Waals surface area contributed by atoms with Crippen molar-refractivity contribution in [3.8, 4) is 5.75 Å². The fraction of sp³-hybridized carbons (Fsp3) is 0.250. The van der Waals surface area contributed by atoms with Gasteiger partial charge >= 0.3 is 5.97 Å². The molecule has 0 aliphatic carbocycles. The highest BCUT2D eigenvalue weighted by Gasteiger charge is 2.45. The number of hydrogen-bond acceptors (Lipinski definition) is 5. The summed E-state index contributed by atoms with van der Waals surface area (Å²) in [5.41, 5.74) is 1.75. The Morgan fingerprint density at radius 3 is 2.31 bits per heavy atom. The molecule has 0 saturated carbocycles. The van der Waals surface area contributed by atoms with E-state index in [1.807, 2.05) is 6.92 Å². The lowest BCUT2D eigenvalue weighted by Gasteiger charge is -2.41. The van der Waals surface area contributed by atoms with E-state index in [0.717, 1.165) is 5.56 Å². The van der Waals surface area contributed by atoms with Gasteiger partial charge in [-0.2, -0.15) is 4.31 Å². The van der Waals surface area contributed by atoms with Crippen LogP contribution in [-0.4, -0.2) is 32.4 Å². The standard InChI is InChI=1S/C28H28FNO5S/c1-4-35-28(31)24-17-18-26(20-11-13-21(34-3)14-12-20)30(27(24)23-7-5-6-8-25(23)29)36(32,33)22-15-9-19(2)10-16-22/h5-17,26-27H,4,18H2,1-3H3/t26-,27-/m0/s1. The number of carbonyl (C=O) groups excluding carboxylic acids is 1. The van der Waals surface area contributed by atoms with Gasteiger partial charge in [0.1, 0.15) is 11.6 Å². The molecule has 4 rings (SSSR count). The minimum absolute atomic E-state index is 0.0538. The highest BCUT2D eigenvalue weighted by atomic mass is 32.2. The monoisotopic (exact) mass is 509 g/mol. The number of halogens is 1.